The summed E-state index contributed by atoms with van der Waals surface area (Å²) in [5, 5.41) is 11.1. The molecule has 2 aromatic rings. The molecule has 2 aliphatic rings. The monoisotopic (exact) mass is 426 g/mol. The van der Waals surface area contributed by atoms with Crippen molar-refractivity contribution in [3.05, 3.63) is 46.0 Å². The number of carbonyl (C=O) groups is 3. The Morgan fingerprint density at radius 1 is 1.10 bits per heavy atom. The maximum atomic E-state index is 13.0. The average Bonchev–Trinajstić information content (AvgIpc) is 2.77. The summed E-state index contributed by atoms with van der Waals surface area (Å²) >= 11 is 0. The summed E-state index contributed by atoms with van der Waals surface area (Å²) in [6, 6.07) is 7.22. The van der Waals surface area contributed by atoms with E-state index in [1.807, 2.05) is 6.92 Å². The molecule has 0 spiro atoms. The molecular weight excluding hydrogens is 408 g/mol. The fourth-order valence-corrected chi connectivity index (χ4v) is 3.41. The van der Waals surface area contributed by atoms with Crippen molar-refractivity contribution in [3.63, 3.8) is 0 Å². The maximum absolute atomic E-state index is 13.0. The molecule has 160 valence electrons. The number of carbonyl (C=O) groups excluding carboxylic acids is 3. The van der Waals surface area contributed by atoms with Crippen molar-refractivity contribution in [1.29, 1.82) is 0 Å². The maximum Gasteiger partial charge on any atom is 0.366 e. The number of amides is 2. The van der Waals surface area contributed by atoms with Crippen LogP contribution in [0.3, 0.4) is 0 Å². The van der Waals surface area contributed by atoms with Crippen LogP contribution >= 0.6 is 0 Å². The quantitative estimate of drug-likeness (QED) is 0.388. The van der Waals surface area contributed by atoms with E-state index in [1.165, 1.54) is 6.07 Å². The fourth-order valence-electron chi connectivity index (χ4n) is 3.41. The van der Waals surface area contributed by atoms with Gasteiger partial charge < -0.3 is 24.5 Å². The summed E-state index contributed by atoms with van der Waals surface area (Å²) in [6.45, 7) is 1.66. The van der Waals surface area contributed by atoms with Crippen LogP contribution in [0.2, 0.25) is 0 Å². The van der Waals surface area contributed by atoms with Crippen molar-refractivity contribution in [3.8, 4) is 11.5 Å². The highest BCUT2D eigenvalue weighted by Crippen LogP contribution is 2.35. The van der Waals surface area contributed by atoms with Crippen molar-refractivity contribution >= 4 is 34.9 Å². The Bertz CT molecular complexity index is 1100. The first-order valence-corrected chi connectivity index (χ1v) is 9.58. The van der Waals surface area contributed by atoms with Gasteiger partial charge in [-0.25, -0.2) is 0 Å². The molecule has 11 heteroatoms. The molecule has 0 radical (unpaired) electrons. The lowest BCUT2D eigenvalue weighted by Gasteiger charge is -2.29. The standard InChI is InChI=1S/C20H18N4O7/c1-2-7-22-13-8-12(3-4-15(13)30-10-18(22)26)14(25)9-23-19(27)11-31-16-5-6-17(24(28)29)21-20(16)23/h3-6,8H,2,7,9-11H2,1H3. The number of nitrogens with zero attached hydrogens (tertiary/aromatic N) is 4. The molecule has 1 aromatic carbocycles. The van der Waals surface area contributed by atoms with Gasteiger partial charge in [-0.05, 0) is 40.6 Å². The van der Waals surface area contributed by atoms with E-state index < -0.39 is 22.4 Å². The van der Waals surface area contributed by atoms with Crippen molar-refractivity contribution in [2.75, 3.05) is 36.1 Å². The number of Topliss-reactive ketones (excluding diaryl/α,β-unsaturated/α-hetero) is 1. The first-order chi connectivity index (χ1) is 14.9. The molecule has 0 aliphatic carbocycles. The smallest absolute Gasteiger partial charge is 0.366 e. The number of hydrogen-bond donors (Lipinski definition) is 0. The number of hydrogen-bond acceptors (Lipinski definition) is 8. The van der Waals surface area contributed by atoms with Gasteiger partial charge in [-0.3, -0.25) is 19.3 Å². The van der Waals surface area contributed by atoms with E-state index in [2.05, 4.69) is 4.98 Å². The summed E-state index contributed by atoms with van der Waals surface area (Å²) in [5.41, 5.74) is 0.760. The van der Waals surface area contributed by atoms with E-state index in [9.17, 15) is 24.5 Å². The molecule has 1 aromatic heterocycles. The average molecular weight is 426 g/mol. The zero-order valence-electron chi connectivity index (χ0n) is 16.6. The van der Waals surface area contributed by atoms with Crippen molar-refractivity contribution in [2.45, 2.75) is 13.3 Å². The fraction of sp³-hybridized carbons (Fsp3) is 0.300. The van der Waals surface area contributed by atoms with Gasteiger partial charge in [0.25, 0.3) is 17.6 Å². The molecule has 0 unspecified atom stereocenters. The third kappa shape index (κ3) is 3.77. The second kappa shape index (κ2) is 8.01. The van der Waals surface area contributed by atoms with Gasteiger partial charge in [0.05, 0.1) is 12.2 Å². The number of pyridine rings is 1. The highest BCUT2D eigenvalue weighted by Gasteiger charge is 2.34. The van der Waals surface area contributed by atoms with Crippen LogP contribution < -0.4 is 19.3 Å². The SMILES string of the molecule is CCCN1C(=O)COc2ccc(C(=O)CN3C(=O)COc4ccc([N+](=O)[O-])nc43)cc21. The molecule has 2 amide bonds. The number of fused-ring (bicyclic) bond motifs is 2. The summed E-state index contributed by atoms with van der Waals surface area (Å²) in [7, 11) is 0. The van der Waals surface area contributed by atoms with E-state index in [0.717, 1.165) is 17.4 Å². The molecule has 0 atom stereocenters. The molecule has 11 nitrogen and oxygen atoms in total. The summed E-state index contributed by atoms with van der Waals surface area (Å²) < 4.78 is 10.7. The van der Waals surface area contributed by atoms with Crippen LogP contribution in [0.15, 0.2) is 30.3 Å². The molecule has 31 heavy (non-hydrogen) atoms. The Balaban J connectivity index is 1.64. The first-order valence-electron chi connectivity index (χ1n) is 9.58. The minimum Gasteiger partial charge on any atom is -0.482 e. The predicted molar refractivity (Wildman–Crippen MR) is 108 cm³/mol. The molecule has 0 saturated heterocycles. The van der Waals surface area contributed by atoms with Crippen LogP contribution in [-0.2, 0) is 9.59 Å². The van der Waals surface area contributed by atoms with E-state index in [-0.39, 0.29) is 42.8 Å². The number of anilines is 2. The molecule has 0 bridgehead atoms. The van der Waals surface area contributed by atoms with Gasteiger partial charge in [0.15, 0.2) is 24.7 Å². The van der Waals surface area contributed by atoms with Crippen molar-refractivity contribution in [2.24, 2.45) is 0 Å². The second-order valence-electron chi connectivity index (χ2n) is 6.96. The second-order valence-corrected chi connectivity index (χ2v) is 6.96. The topological polar surface area (TPSA) is 132 Å². The van der Waals surface area contributed by atoms with Crippen LogP contribution in [-0.4, -0.2) is 53.8 Å². The lowest BCUT2D eigenvalue weighted by molar-refractivity contribution is -0.389. The van der Waals surface area contributed by atoms with Gasteiger partial charge >= 0.3 is 5.82 Å². The molecule has 2 aliphatic heterocycles. The first kappa shape index (κ1) is 20.3. The molecule has 0 saturated carbocycles. The number of ketones is 1. The third-order valence-corrected chi connectivity index (χ3v) is 4.89. The Kier molecular flexibility index (Phi) is 5.24. The van der Waals surface area contributed by atoms with Crippen LogP contribution in [0, 0.1) is 10.1 Å². The number of nitro groups is 1. The van der Waals surface area contributed by atoms with E-state index in [0.29, 0.717) is 18.0 Å². The van der Waals surface area contributed by atoms with Gasteiger partial charge in [0.2, 0.25) is 0 Å². The van der Waals surface area contributed by atoms with Gasteiger partial charge in [0.1, 0.15) is 5.75 Å². The van der Waals surface area contributed by atoms with E-state index in [4.69, 9.17) is 9.47 Å². The lowest BCUT2D eigenvalue weighted by atomic mass is 10.1. The largest absolute Gasteiger partial charge is 0.482 e. The Labute approximate surface area is 176 Å². The number of ether oxygens (including phenoxy) is 2. The Morgan fingerprint density at radius 2 is 1.77 bits per heavy atom. The van der Waals surface area contributed by atoms with Gasteiger partial charge in [-0.15, -0.1) is 0 Å². The number of rotatable bonds is 6. The highest BCUT2D eigenvalue weighted by molar-refractivity contribution is 6.08. The van der Waals surface area contributed by atoms with E-state index in [1.54, 1.807) is 23.1 Å². The number of benzene rings is 1. The summed E-state index contributed by atoms with van der Waals surface area (Å²) in [4.78, 5) is 54.4. The predicted octanol–water partition coefficient (Wildman–Crippen LogP) is 1.73. The molecule has 4 rings (SSSR count). The van der Waals surface area contributed by atoms with E-state index >= 15 is 0 Å². The van der Waals surface area contributed by atoms with Gasteiger partial charge in [0, 0.05) is 18.2 Å². The third-order valence-electron chi connectivity index (χ3n) is 4.89. The lowest BCUT2D eigenvalue weighted by Crippen LogP contribution is -2.42. The Hall–Kier alpha value is -4.02. The molecular formula is C20H18N4O7. The van der Waals surface area contributed by atoms with Crippen molar-refractivity contribution in [1.82, 2.24) is 4.98 Å². The van der Waals surface area contributed by atoms with Crippen LogP contribution in [0.25, 0.3) is 0 Å². The van der Waals surface area contributed by atoms with Crippen molar-refractivity contribution < 1.29 is 28.8 Å². The molecule has 0 N–H and O–H groups in total. The summed E-state index contributed by atoms with van der Waals surface area (Å²) in [6.07, 6.45) is 0.729. The van der Waals surface area contributed by atoms with Crippen LogP contribution in [0.4, 0.5) is 17.3 Å². The summed E-state index contributed by atoms with van der Waals surface area (Å²) in [5.74, 6) is -1.04. The van der Waals surface area contributed by atoms with Crippen LogP contribution in [0.5, 0.6) is 11.5 Å². The van der Waals surface area contributed by atoms with Gasteiger partial charge in [-0.2, -0.15) is 0 Å². The molecule has 3 heterocycles. The Morgan fingerprint density at radius 3 is 2.48 bits per heavy atom. The molecule has 0 fully saturated rings. The van der Waals surface area contributed by atoms with Gasteiger partial charge in [-0.1, -0.05) is 6.92 Å². The highest BCUT2D eigenvalue weighted by atomic mass is 16.6. The normalized spacial score (nSPS) is 15.0. The minimum absolute atomic E-state index is 0.0657. The minimum atomic E-state index is -0.692. The number of aromatic nitrogens is 1. The zero-order valence-corrected chi connectivity index (χ0v) is 16.6. The van der Waals surface area contributed by atoms with Crippen LogP contribution in [0.1, 0.15) is 23.7 Å². The zero-order chi connectivity index (χ0) is 22.1.